The summed E-state index contributed by atoms with van der Waals surface area (Å²) in [6.45, 7) is 3.18. The van der Waals surface area contributed by atoms with Crippen LogP contribution in [0.15, 0.2) is 35.5 Å². The molecular weight excluding hydrogens is 744 g/mol. The lowest BCUT2D eigenvalue weighted by Gasteiger charge is -2.47. The maximum Gasteiger partial charge on any atom is 0.253 e. The number of nitrogens with zero attached hydrogens (tertiary/aromatic N) is 2. The third-order valence-electron chi connectivity index (χ3n) is 10.9. The number of ketones is 2. The molecule has 0 saturated carbocycles. The summed E-state index contributed by atoms with van der Waals surface area (Å²) >= 11 is 0. The smallest absolute Gasteiger partial charge is 0.253 e. The molecule has 2 aliphatic heterocycles. The van der Waals surface area contributed by atoms with Gasteiger partial charge in [-0.1, -0.05) is 19.1 Å². The molecule has 17 nitrogen and oxygen atoms in total. The molecule has 0 aromatic heterocycles. The van der Waals surface area contributed by atoms with Crippen molar-refractivity contribution in [1.29, 1.82) is 0 Å². The molecule has 6 rings (SSSR count). The number of nitrogens with one attached hydrogen (secondary N) is 1. The number of carbonyl (C=O) groups is 5. The molecule has 0 spiro atoms. The number of amides is 3. The Labute approximate surface area is 321 Å². The minimum Gasteiger partial charge on any atom is -0.507 e. The van der Waals surface area contributed by atoms with Crippen LogP contribution < -0.4 is 15.9 Å². The molecule has 0 bridgehead atoms. The van der Waals surface area contributed by atoms with E-state index < -0.39 is 100.0 Å². The van der Waals surface area contributed by atoms with E-state index in [0.29, 0.717) is 0 Å². The van der Waals surface area contributed by atoms with E-state index in [1.165, 1.54) is 32.2 Å². The highest BCUT2D eigenvalue weighted by atomic mass is 35.5. The van der Waals surface area contributed by atoms with Crippen LogP contribution in [0, 0.1) is 0 Å². The Morgan fingerprint density at radius 2 is 1.71 bits per heavy atom. The van der Waals surface area contributed by atoms with E-state index in [9.17, 15) is 49.5 Å². The van der Waals surface area contributed by atoms with E-state index >= 15 is 0 Å². The highest BCUT2D eigenvalue weighted by Gasteiger charge is 2.53. The van der Waals surface area contributed by atoms with E-state index in [4.69, 9.17) is 19.9 Å². The predicted octanol–water partition coefficient (Wildman–Crippen LogP) is 0.248. The van der Waals surface area contributed by atoms with Gasteiger partial charge in [0.15, 0.2) is 12.1 Å². The minimum atomic E-state index is -2.18. The zero-order chi connectivity index (χ0) is 39.5. The van der Waals surface area contributed by atoms with Crippen molar-refractivity contribution < 1.29 is 63.7 Å². The first kappa shape index (κ1) is 41.4. The fourth-order valence-corrected chi connectivity index (χ4v) is 7.73. The number of carbonyl (C=O) groups excluding carboxylic acids is 5. The molecule has 4 aliphatic rings. The number of aliphatic hydroxyl groups is 3. The minimum absolute atomic E-state index is 0. The lowest BCUT2D eigenvalue weighted by molar-refractivity contribution is -0.254. The average Bonchev–Trinajstić information content (AvgIpc) is 3.44. The van der Waals surface area contributed by atoms with E-state index in [-0.39, 0.29) is 78.5 Å². The molecule has 18 heteroatoms. The number of phenols is 2. The first-order valence-corrected chi connectivity index (χ1v) is 17.2. The summed E-state index contributed by atoms with van der Waals surface area (Å²) in [6, 6.07) is 3.59. The normalized spacial score (nSPS) is 28.7. The number of rotatable bonds is 10. The van der Waals surface area contributed by atoms with Crippen LogP contribution in [-0.4, -0.2) is 122 Å². The van der Waals surface area contributed by atoms with Crippen molar-refractivity contribution >= 4 is 47.4 Å². The van der Waals surface area contributed by atoms with Crippen molar-refractivity contribution in [2.75, 3.05) is 26.9 Å². The quantitative estimate of drug-likeness (QED) is 0.0629. The Bertz CT molecular complexity index is 2000. The Balaban J connectivity index is 0.00000580. The van der Waals surface area contributed by atoms with Crippen molar-refractivity contribution in [2.24, 2.45) is 10.8 Å². The molecule has 296 valence electrons. The largest absolute Gasteiger partial charge is 0.507 e. The number of nitrogens with two attached hydrogens (primary N) is 1. The number of fused-ring (bicyclic) bond motifs is 3. The van der Waals surface area contributed by atoms with Gasteiger partial charge in [0.05, 0.1) is 48.8 Å². The molecule has 6 atom stereocenters. The summed E-state index contributed by atoms with van der Waals surface area (Å²) in [5.74, 6) is -4.79. The van der Waals surface area contributed by atoms with Crippen LogP contribution in [-0.2, 0) is 35.7 Å². The maximum absolute atomic E-state index is 14.1. The monoisotopic (exact) mass is 786 g/mol. The summed E-state index contributed by atoms with van der Waals surface area (Å²) in [6.07, 6.45) is -0.837. The number of aromatic hydroxyl groups is 2. The zero-order valence-corrected chi connectivity index (χ0v) is 31.3. The lowest BCUT2D eigenvalue weighted by Crippen LogP contribution is -2.60. The van der Waals surface area contributed by atoms with Crippen molar-refractivity contribution in [1.82, 2.24) is 10.3 Å². The number of ether oxygens (including phenoxy) is 3. The number of phenolic OH excluding ortho intramolecular Hbond substituents is 2. The van der Waals surface area contributed by atoms with Gasteiger partial charge in [0.25, 0.3) is 11.8 Å². The van der Waals surface area contributed by atoms with Crippen LogP contribution in [0.3, 0.4) is 0 Å². The summed E-state index contributed by atoms with van der Waals surface area (Å²) in [5, 5.41) is 61.4. The standard InChI is InChI=1S/C37H42N4O13.ClH/c1-17-36(3,50)21(38)12-26(54-17)53-16-35(2)15-37(51,22(14-42)39-40-23(43)10-11-41-24(44)8-9-25(41)45)13-19-30(35)34(49)29-28(32(19)47)31(46)18-6-5-7-20(52-4)27(18)33(29)48;/h5-9,17,21,26,42,47,49-51H,10-16,38H2,1-4H3,(H,40,43);1H/b39-22+;/t17-,21-,26?,35+,36+,37-;/m0./s1. The zero-order valence-electron chi connectivity index (χ0n) is 30.5. The predicted molar refractivity (Wildman–Crippen MR) is 194 cm³/mol. The molecule has 0 radical (unpaired) electrons. The molecule has 1 unspecified atom stereocenters. The highest BCUT2D eigenvalue weighted by Crippen LogP contribution is 2.54. The van der Waals surface area contributed by atoms with Gasteiger partial charge >= 0.3 is 0 Å². The molecule has 3 amide bonds. The van der Waals surface area contributed by atoms with E-state index in [1.807, 2.05) is 0 Å². The van der Waals surface area contributed by atoms with Gasteiger partial charge < -0.3 is 45.5 Å². The Morgan fingerprint density at radius 1 is 1.05 bits per heavy atom. The van der Waals surface area contributed by atoms with Crippen LogP contribution in [0.25, 0.3) is 0 Å². The Kier molecular flexibility index (Phi) is 11.3. The molecule has 2 heterocycles. The molecular formula is C37H43ClN4O13. The number of imide groups is 1. The first-order valence-electron chi connectivity index (χ1n) is 17.2. The Hall–Kier alpha value is -4.75. The van der Waals surface area contributed by atoms with Gasteiger partial charge in [-0.15, -0.1) is 12.4 Å². The van der Waals surface area contributed by atoms with Crippen molar-refractivity contribution in [3.63, 3.8) is 0 Å². The number of hydrogen-bond acceptors (Lipinski definition) is 15. The maximum atomic E-state index is 14.1. The van der Waals surface area contributed by atoms with Crippen molar-refractivity contribution in [3.05, 3.63) is 63.7 Å². The number of methoxy groups -OCH3 is 1. The molecule has 2 aromatic rings. The summed E-state index contributed by atoms with van der Waals surface area (Å²) in [7, 11) is 1.32. The fourth-order valence-electron chi connectivity index (χ4n) is 7.73. The fraction of sp³-hybridized carbons (Fsp3) is 0.459. The summed E-state index contributed by atoms with van der Waals surface area (Å²) in [5.41, 5.74) is 1.64. The highest BCUT2D eigenvalue weighted by molar-refractivity contribution is 6.31. The SMILES string of the molecule is COc1cccc2c1C(=O)c1c(O)c3c(c(O)c1C2=O)C[C@@](O)(/C(CO)=N/NC(=O)CCN1C(=O)C=CC1=O)C[C@]3(C)COC1C[C@H](N)[C@](C)(O)[C@H](C)O1.Cl. The average molecular weight is 787 g/mol. The number of benzene rings is 2. The second-order valence-corrected chi connectivity index (χ2v) is 14.5. The van der Waals surface area contributed by atoms with Crippen LogP contribution in [0.5, 0.6) is 17.2 Å². The van der Waals surface area contributed by atoms with Gasteiger partial charge in [-0.25, -0.2) is 5.43 Å². The third kappa shape index (κ3) is 7.01. The molecule has 1 saturated heterocycles. The van der Waals surface area contributed by atoms with E-state index in [1.54, 1.807) is 13.8 Å². The van der Waals surface area contributed by atoms with Crippen LogP contribution in [0.2, 0.25) is 0 Å². The second kappa shape index (κ2) is 15.1. The lowest BCUT2D eigenvalue weighted by atomic mass is 9.62. The van der Waals surface area contributed by atoms with Gasteiger partial charge in [-0.05, 0) is 26.3 Å². The van der Waals surface area contributed by atoms with Crippen LogP contribution >= 0.6 is 12.4 Å². The van der Waals surface area contributed by atoms with Crippen LogP contribution in [0.4, 0.5) is 0 Å². The molecule has 8 N–H and O–H groups in total. The summed E-state index contributed by atoms with van der Waals surface area (Å²) in [4.78, 5) is 65.3. The van der Waals surface area contributed by atoms with Crippen molar-refractivity contribution in [3.8, 4) is 17.2 Å². The molecule has 55 heavy (non-hydrogen) atoms. The molecule has 1 fully saturated rings. The van der Waals surface area contributed by atoms with Gasteiger partial charge in [0, 0.05) is 66.1 Å². The van der Waals surface area contributed by atoms with E-state index in [0.717, 1.165) is 17.1 Å². The van der Waals surface area contributed by atoms with Gasteiger partial charge in [0.1, 0.15) is 28.5 Å². The van der Waals surface area contributed by atoms with E-state index in [2.05, 4.69) is 10.5 Å². The van der Waals surface area contributed by atoms with Crippen LogP contribution in [0.1, 0.15) is 83.0 Å². The number of halogens is 1. The number of hydrogen-bond donors (Lipinski definition) is 7. The van der Waals surface area contributed by atoms with Crippen molar-refractivity contribution in [2.45, 2.75) is 81.5 Å². The molecule has 2 aliphatic carbocycles. The molecule has 2 aromatic carbocycles. The topological polar surface area (TPSA) is 268 Å². The summed E-state index contributed by atoms with van der Waals surface area (Å²) < 4.78 is 17.4. The Morgan fingerprint density at radius 3 is 2.33 bits per heavy atom. The number of aliphatic hydroxyl groups excluding tert-OH is 1. The van der Waals surface area contributed by atoms with Gasteiger partial charge in [0.2, 0.25) is 11.7 Å². The van der Waals surface area contributed by atoms with Gasteiger partial charge in [-0.3, -0.25) is 28.9 Å². The first-order chi connectivity index (χ1) is 25.4. The second-order valence-electron chi connectivity index (χ2n) is 14.5. The van der Waals surface area contributed by atoms with Gasteiger partial charge in [-0.2, -0.15) is 5.10 Å². The number of hydrazone groups is 1. The third-order valence-corrected chi connectivity index (χ3v) is 10.9.